The van der Waals surface area contributed by atoms with E-state index in [4.69, 9.17) is 4.52 Å². The molecule has 2 aromatic rings. The highest BCUT2D eigenvalue weighted by atomic mass is 127. The van der Waals surface area contributed by atoms with Crippen molar-refractivity contribution in [2.45, 2.75) is 39.5 Å². The van der Waals surface area contributed by atoms with Crippen molar-refractivity contribution in [3.05, 3.63) is 70.0 Å². The van der Waals surface area contributed by atoms with Crippen molar-refractivity contribution in [3.8, 4) is 0 Å². The van der Waals surface area contributed by atoms with Crippen LogP contribution in [0.3, 0.4) is 0 Å². The maximum Gasteiger partial charge on any atom is 0.306 e. The van der Waals surface area contributed by atoms with Crippen molar-refractivity contribution in [3.63, 3.8) is 0 Å². The quantitative estimate of drug-likeness (QED) is 0.271. The second kappa shape index (κ2) is 9.43. The highest BCUT2D eigenvalue weighted by molar-refractivity contribution is 14.1. The van der Waals surface area contributed by atoms with Crippen LogP contribution in [-0.4, -0.2) is 0 Å². The fourth-order valence-corrected chi connectivity index (χ4v) is 5.72. The van der Waals surface area contributed by atoms with Crippen molar-refractivity contribution in [1.82, 2.24) is 0 Å². The molecule has 4 heteroatoms. The van der Waals surface area contributed by atoms with Crippen molar-refractivity contribution in [1.29, 1.82) is 0 Å². The molecular weight excluding hydrogens is 430 g/mol. The lowest BCUT2D eigenvalue weighted by molar-refractivity contribution is 0.398. The van der Waals surface area contributed by atoms with Crippen LogP contribution in [0, 0.1) is 0 Å². The van der Waals surface area contributed by atoms with Crippen molar-refractivity contribution in [2.24, 2.45) is 0 Å². The Morgan fingerprint density at radius 2 is 1.33 bits per heavy atom. The number of halogens is 1. The van der Waals surface area contributed by atoms with Gasteiger partial charge in [-0.1, -0.05) is 56.7 Å². The molecule has 2 rings (SSSR count). The molecule has 0 unspecified atom stereocenters. The van der Waals surface area contributed by atoms with Gasteiger partial charge >= 0.3 is 7.37 Å². The first-order valence-corrected chi connectivity index (χ1v) is 11.1. The largest absolute Gasteiger partial charge is 0.441 e. The zero-order chi connectivity index (χ0) is 17.4. The average Bonchev–Trinajstić information content (AvgIpc) is 2.63. The van der Waals surface area contributed by atoms with Crippen molar-refractivity contribution in [2.75, 3.05) is 0 Å². The molecule has 0 saturated heterocycles. The summed E-state index contributed by atoms with van der Waals surface area (Å²) in [5.41, 5.74) is 0. The maximum absolute atomic E-state index is 14.0. The summed E-state index contributed by atoms with van der Waals surface area (Å²) in [6.07, 6.45) is 3.78. The van der Waals surface area contributed by atoms with Crippen molar-refractivity contribution >= 4 is 40.6 Å². The first kappa shape index (κ1) is 19.3. The third-order valence-corrected chi connectivity index (χ3v) is 7.25. The Labute approximate surface area is 158 Å². The standard InChI is InChI=1S/C20H24IO2P/c1-3-11-19(21)20(12-4-2)23-24(22,17-13-7-5-8-14-17)18-15-9-6-10-16-18/h5-10,13-16H,3-4,11-12H2,1-2H3/b20-19+. The summed E-state index contributed by atoms with van der Waals surface area (Å²) in [7, 11) is -3.15. The monoisotopic (exact) mass is 454 g/mol. The van der Waals surface area contributed by atoms with Gasteiger partial charge in [-0.2, -0.15) is 0 Å². The van der Waals surface area contributed by atoms with E-state index in [0.717, 1.165) is 42.1 Å². The third kappa shape index (κ3) is 4.73. The Hall–Kier alpha value is -1.06. The van der Waals surface area contributed by atoms with Crippen LogP contribution in [0.2, 0.25) is 0 Å². The Bertz CT molecular complexity index is 667. The Kier molecular flexibility index (Phi) is 7.57. The fraction of sp³-hybridized carbons (Fsp3) is 0.300. The van der Waals surface area contributed by atoms with E-state index in [1.165, 1.54) is 3.58 Å². The van der Waals surface area contributed by atoms with Crippen LogP contribution < -0.4 is 10.6 Å². The Balaban J connectivity index is 2.51. The van der Waals surface area contributed by atoms with Crippen LogP contribution in [0.15, 0.2) is 70.0 Å². The number of benzene rings is 2. The predicted molar refractivity (Wildman–Crippen MR) is 112 cm³/mol. The summed E-state index contributed by atoms with van der Waals surface area (Å²) in [4.78, 5) is 0. The summed E-state index contributed by atoms with van der Waals surface area (Å²) in [6, 6.07) is 19.1. The summed E-state index contributed by atoms with van der Waals surface area (Å²) < 4.78 is 21.4. The molecule has 2 nitrogen and oxygen atoms in total. The molecule has 0 radical (unpaired) electrons. The Morgan fingerprint density at radius 1 is 0.875 bits per heavy atom. The van der Waals surface area contributed by atoms with E-state index in [9.17, 15) is 4.57 Å². The molecule has 0 aliphatic heterocycles. The second-order valence-corrected chi connectivity index (χ2v) is 9.26. The number of rotatable bonds is 8. The van der Waals surface area contributed by atoms with Crippen LogP contribution in [-0.2, 0) is 9.09 Å². The van der Waals surface area contributed by atoms with Gasteiger partial charge in [-0.05, 0) is 59.7 Å². The first-order valence-electron chi connectivity index (χ1n) is 8.40. The SMILES string of the molecule is CCC/C(I)=C(/CCC)OP(=O)(c1ccccc1)c1ccccc1. The molecule has 0 saturated carbocycles. The van der Waals surface area contributed by atoms with E-state index >= 15 is 0 Å². The highest BCUT2D eigenvalue weighted by Crippen LogP contribution is 2.48. The molecule has 2 aromatic carbocycles. The van der Waals surface area contributed by atoms with Gasteiger partial charge in [-0.15, -0.1) is 0 Å². The van der Waals surface area contributed by atoms with E-state index < -0.39 is 7.37 Å². The number of allylic oxidation sites excluding steroid dienone is 2. The highest BCUT2D eigenvalue weighted by Gasteiger charge is 2.31. The lowest BCUT2D eigenvalue weighted by Crippen LogP contribution is -2.18. The minimum Gasteiger partial charge on any atom is -0.441 e. The van der Waals surface area contributed by atoms with E-state index in [-0.39, 0.29) is 0 Å². The van der Waals surface area contributed by atoms with Gasteiger partial charge in [0, 0.05) is 10.0 Å². The molecule has 0 aliphatic carbocycles. The molecule has 0 bridgehead atoms. The lowest BCUT2D eigenvalue weighted by Gasteiger charge is -2.23. The van der Waals surface area contributed by atoms with Gasteiger partial charge < -0.3 is 4.52 Å². The van der Waals surface area contributed by atoms with E-state index in [1.54, 1.807) is 0 Å². The fourth-order valence-electron chi connectivity index (χ4n) is 2.47. The molecule has 0 amide bonds. The summed E-state index contributed by atoms with van der Waals surface area (Å²) >= 11 is 2.34. The second-order valence-electron chi connectivity index (χ2n) is 5.64. The molecule has 0 aliphatic rings. The van der Waals surface area contributed by atoms with Crippen LogP contribution in [0.25, 0.3) is 0 Å². The number of hydrogen-bond donors (Lipinski definition) is 0. The lowest BCUT2D eigenvalue weighted by atomic mass is 10.2. The zero-order valence-electron chi connectivity index (χ0n) is 14.2. The Morgan fingerprint density at radius 3 is 1.75 bits per heavy atom. The molecule has 0 aromatic heterocycles. The van der Waals surface area contributed by atoms with E-state index in [2.05, 4.69) is 36.4 Å². The van der Waals surface area contributed by atoms with Gasteiger partial charge in [-0.25, -0.2) is 0 Å². The van der Waals surface area contributed by atoms with Gasteiger partial charge in [0.15, 0.2) is 0 Å². The molecule has 128 valence electrons. The minimum absolute atomic E-state index is 0.741. The molecule has 0 atom stereocenters. The average molecular weight is 454 g/mol. The first-order chi connectivity index (χ1) is 11.6. The molecule has 24 heavy (non-hydrogen) atoms. The molecule has 0 spiro atoms. The van der Waals surface area contributed by atoms with Gasteiger partial charge in [0.25, 0.3) is 0 Å². The van der Waals surface area contributed by atoms with Gasteiger partial charge in [0.1, 0.15) is 5.76 Å². The van der Waals surface area contributed by atoms with E-state index in [1.807, 2.05) is 60.7 Å². The summed E-state index contributed by atoms with van der Waals surface area (Å²) in [6.45, 7) is 4.27. The summed E-state index contributed by atoms with van der Waals surface area (Å²) in [5.74, 6) is 0.871. The minimum atomic E-state index is -3.15. The van der Waals surface area contributed by atoms with E-state index in [0.29, 0.717) is 0 Å². The van der Waals surface area contributed by atoms with Crippen LogP contribution in [0.1, 0.15) is 39.5 Å². The molecule has 0 heterocycles. The predicted octanol–water partition coefficient (Wildman–Crippen LogP) is 6.18. The molecule has 0 N–H and O–H groups in total. The van der Waals surface area contributed by atoms with Crippen molar-refractivity contribution < 1.29 is 9.09 Å². The normalized spacial score (nSPS) is 12.6. The molecular formula is C20H24IO2P. The zero-order valence-corrected chi connectivity index (χ0v) is 17.3. The number of hydrogen-bond acceptors (Lipinski definition) is 2. The summed E-state index contributed by atoms with van der Waals surface area (Å²) in [5, 5.41) is 1.48. The van der Waals surface area contributed by atoms with Crippen LogP contribution in [0.5, 0.6) is 0 Å². The van der Waals surface area contributed by atoms with Crippen LogP contribution >= 0.6 is 30.0 Å². The molecule has 0 fully saturated rings. The topological polar surface area (TPSA) is 26.3 Å². The smallest absolute Gasteiger partial charge is 0.306 e. The van der Waals surface area contributed by atoms with Crippen LogP contribution in [0.4, 0.5) is 0 Å². The van der Waals surface area contributed by atoms with Gasteiger partial charge in [-0.3, -0.25) is 4.57 Å². The third-order valence-electron chi connectivity index (χ3n) is 3.68. The maximum atomic E-state index is 14.0. The van der Waals surface area contributed by atoms with Gasteiger partial charge in [0.2, 0.25) is 0 Å². The van der Waals surface area contributed by atoms with Gasteiger partial charge in [0.05, 0.1) is 10.6 Å².